The summed E-state index contributed by atoms with van der Waals surface area (Å²) in [6, 6.07) is 6.26. The summed E-state index contributed by atoms with van der Waals surface area (Å²) in [5.74, 6) is -2.68. The van der Waals surface area contributed by atoms with Gasteiger partial charge in [0, 0.05) is 13.1 Å². The maximum atomic E-state index is 9.10. The molecule has 1 fully saturated rings. The molecule has 122 valence electrons. The van der Waals surface area contributed by atoms with Crippen LogP contribution in [0.3, 0.4) is 0 Å². The molecule has 1 heterocycles. The SMILES string of the molecule is Cc1ccc(C)c(OCC2CNCCO2)c1.O=C(O)C(=O)O. The smallest absolute Gasteiger partial charge is 0.414 e. The Bertz CT molecular complexity index is 499. The Morgan fingerprint density at radius 1 is 1.32 bits per heavy atom. The molecule has 1 atom stereocenters. The van der Waals surface area contributed by atoms with Gasteiger partial charge in [0.1, 0.15) is 18.5 Å². The molecule has 1 unspecified atom stereocenters. The zero-order valence-corrected chi connectivity index (χ0v) is 12.7. The van der Waals surface area contributed by atoms with Gasteiger partial charge in [0.2, 0.25) is 0 Å². The number of aliphatic carboxylic acids is 2. The molecule has 0 radical (unpaired) electrons. The highest BCUT2D eigenvalue weighted by molar-refractivity contribution is 6.27. The summed E-state index contributed by atoms with van der Waals surface area (Å²) >= 11 is 0. The Labute approximate surface area is 128 Å². The Morgan fingerprint density at radius 2 is 2.00 bits per heavy atom. The Kier molecular flexibility index (Phi) is 7.34. The van der Waals surface area contributed by atoms with Gasteiger partial charge in [-0.25, -0.2) is 9.59 Å². The summed E-state index contributed by atoms with van der Waals surface area (Å²) in [7, 11) is 0. The quantitative estimate of drug-likeness (QED) is 0.710. The molecule has 0 amide bonds. The predicted octanol–water partition coefficient (Wildman–Crippen LogP) is 0.826. The van der Waals surface area contributed by atoms with Crippen molar-refractivity contribution in [3.05, 3.63) is 29.3 Å². The van der Waals surface area contributed by atoms with E-state index in [4.69, 9.17) is 29.3 Å². The fraction of sp³-hybridized carbons (Fsp3) is 0.467. The second-order valence-electron chi connectivity index (χ2n) is 4.89. The molecule has 0 bridgehead atoms. The number of carbonyl (C=O) groups is 2. The van der Waals surface area contributed by atoms with E-state index < -0.39 is 11.9 Å². The fourth-order valence-corrected chi connectivity index (χ4v) is 1.77. The van der Waals surface area contributed by atoms with E-state index in [1.54, 1.807) is 0 Å². The van der Waals surface area contributed by atoms with Crippen molar-refractivity contribution in [1.82, 2.24) is 5.32 Å². The zero-order valence-electron chi connectivity index (χ0n) is 12.7. The van der Waals surface area contributed by atoms with E-state index in [2.05, 4.69) is 37.4 Å². The first-order valence-corrected chi connectivity index (χ1v) is 6.88. The molecule has 22 heavy (non-hydrogen) atoms. The second kappa shape index (κ2) is 9.01. The largest absolute Gasteiger partial charge is 0.491 e. The summed E-state index contributed by atoms with van der Waals surface area (Å²) in [6.45, 7) is 7.36. The van der Waals surface area contributed by atoms with Gasteiger partial charge in [-0.05, 0) is 31.0 Å². The number of hydrogen-bond acceptors (Lipinski definition) is 5. The molecule has 1 aromatic rings. The molecule has 1 aromatic carbocycles. The van der Waals surface area contributed by atoms with Crippen molar-refractivity contribution in [3.63, 3.8) is 0 Å². The molecule has 3 N–H and O–H groups in total. The number of carboxylic acids is 2. The van der Waals surface area contributed by atoms with E-state index >= 15 is 0 Å². The first-order chi connectivity index (χ1) is 10.4. The lowest BCUT2D eigenvalue weighted by Gasteiger charge is -2.24. The van der Waals surface area contributed by atoms with Gasteiger partial charge >= 0.3 is 11.9 Å². The molecule has 1 aliphatic heterocycles. The third kappa shape index (κ3) is 6.55. The van der Waals surface area contributed by atoms with E-state index in [0.717, 1.165) is 25.4 Å². The van der Waals surface area contributed by atoms with Gasteiger partial charge < -0.3 is 25.0 Å². The highest BCUT2D eigenvalue weighted by Gasteiger charge is 2.14. The maximum Gasteiger partial charge on any atom is 0.414 e. The number of ether oxygens (including phenoxy) is 2. The minimum atomic E-state index is -1.82. The van der Waals surface area contributed by atoms with E-state index in [1.807, 2.05) is 0 Å². The van der Waals surface area contributed by atoms with Crippen LogP contribution in [0, 0.1) is 13.8 Å². The Balaban J connectivity index is 0.000000346. The third-order valence-corrected chi connectivity index (χ3v) is 2.96. The first-order valence-electron chi connectivity index (χ1n) is 6.88. The lowest BCUT2D eigenvalue weighted by molar-refractivity contribution is -0.159. The highest BCUT2D eigenvalue weighted by Crippen LogP contribution is 2.19. The van der Waals surface area contributed by atoms with Crippen molar-refractivity contribution in [2.45, 2.75) is 20.0 Å². The molecule has 1 aliphatic rings. The highest BCUT2D eigenvalue weighted by atomic mass is 16.5. The number of hydrogen-bond donors (Lipinski definition) is 3. The van der Waals surface area contributed by atoms with Crippen molar-refractivity contribution in [3.8, 4) is 5.75 Å². The van der Waals surface area contributed by atoms with Crippen LogP contribution < -0.4 is 10.1 Å². The summed E-state index contributed by atoms with van der Waals surface area (Å²) in [6.07, 6.45) is 0.175. The Hall–Kier alpha value is -2.12. The summed E-state index contributed by atoms with van der Waals surface area (Å²) < 4.78 is 11.4. The molecule has 0 aromatic heterocycles. The van der Waals surface area contributed by atoms with Crippen LogP contribution in [0.25, 0.3) is 0 Å². The molecular weight excluding hydrogens is 290 g/mol. The van der Waals surface area contributed by atoms with Crippen molar-refractivity contribution in [1.29, 1.82) is 0 Å². The molecule has 2 rings (SSSR count). The van der Waals surface area contributed by atoms with Gasteiger partial charge in [-0.1, -0.05) is 12.1 Å². The van der Waals surface area contributed by atoms with Gasteiger partial charge in [-0.15, -0.1) is 0 Å². The number of benzene rings is 1. The van der Waals surface area contributed by atoms with Crippen molar-refractivity contribution >= 4 is 11.9 Å². The van der Waals surface area contributed by atoms with Crippen LogP contribution in [0.4, 0.5) is 0 Å². The molecule has 0 aliphatic carbocycles. The molecular formula is C15H21NO6. The third-order valence-electron chi connectivity index (χ3n) is 2.96. The van der Waals surface area contributed by atoms with Crippen LogP contribution in [-0.2, 0) is 14.3 Å². The summed E-state index contributed by atoms with van der Waals surface area (Å²) in [4.78, 5) is 18.2. The van der Waals surface area contributed by atoms with Gasteiger partial charge in [-0.3, -0.25) is 0 Å². The molecule has 0 saturated carbocycles. The number of nitrogens with one attached hydrogen (secondary N) is 1. The summed E-state index contributed by atoms with van der Waals surface area (Å²) in [5, 5.41) is 18.1. The van der Waals surface area contributed by atoms with E-state index in [1.165, 1.54) is 11.1 Å². The van der Waals surface area contributed by atoms with Crippen LogP contribution in [0.1, 0.15) is 11.1 Å². The van der Waals surface area contributed by atoms with E-state index in [9.17, 15) is 0 Å². The average Bonchev–Trinajstić information content (AvgIpc) is 2.50. The first kappa shape index (κ1) is 17.9. The van der Waals surface area contributed by atoms with Crippen molar-refractivity contribution in [2.24, 2.45) is 0 Å². The minimum absolute atomic E-state index is 0.175. The standard InChI is InChI=1S/C13H19NO2.C2H2O4/c1-10-3-4-11(2)13(7-10)16-9-12-8-14-5-6-15-12;3-1(4)2(5)6/h3-4,7,12,14H,5-6,8-9H2,1-2H3;(H,3,4)(H,5,6). The average molecular weight is 311 g/mol. The molecule has 7 heteroatoms. The van der Waals surface area contributed by atoms with Gasteiger partial charge in [-0.2, -0.15) is 0 Å². The van der Waals surface area contributed by atoms with Crippen LogP contribution in [-0.4, -0.2) is 54.6 Å². The lowest BCUT2D eigenvalue weighted by atomic mass is 10.1. The van der Waals surface area contributed by atoms with Crippen molar-refractivity contribution < 1.29 is 29.3 Å². The van der Waals surface area contributed by atoms with Crippen molar-refractivity contribution in [2.75, 3.05) is 26.3 Å². The normalized spacial score (nSPS) is 17.1. The van der Waals surface area contributed by atoms with Crippen LogP contribution in [0.5, 0.6) is 5.75 Å². The molecule has 1 saturated heterocycles. The van der Waals surface area contributed by atoms with Crippen LogP contribution in [0.15, 0.2) is 18.2 Å². The number of rotatable bonds is 3. The maximum absolute atomic E-state index is 9.10. The van der Waals surface area contributed by atoms with Crippen LogP contribution >= 0.6 is 0 Å². The van der Waals surface area contributed by atoms with Gasteiger partial charge in [0.05, 0.1) is 6.61 Å². The second-order valence-corrected chi connectivity index (χ2v) is 4.89. The number of morpholine rings is 1. The predicted molar refractivity (Wildman–Crippen MR) is 79.3 cm³/mol. The fourth-order valence-electron chi connectivity index (χ4n) is 1.77. The Morgan fingerprint density at radius 3 is 2.55 bits per heavy atom. The van der Waals surface area contributed by atoms with E-state index in [-0.39, 0.29) is 6.10 Å². The topological polar surface area (TPSA) is 105 Å². The molecule has 0 spiro atoms. The van der Waals surface area contributed by atoms with Gasteiger partial charge in [0.25, 0.3) is 0 Å². The monoisotopic (exact) mass is 311 g/mol. The zero-order chi connectivity index (χ0) is 16.5. The summed E-state index contributed by atoms with van der Waals surface area (Å²) in [5.41, 5.74) is 2.40. The lowest BCUT2D eigenvalue weighted by Crippen LogP contribution is -2.41. The molecule has 7 nitrogen and oxygen atoms in total. The van der Waals surface area contributed by atoms with Crippen LogP contribution in [0.2, 0.25) is 0 Å². The van der Waals surface area contributed by atoms with E-state index in [0.29, 0.717) is 6.61 Å². The number of carboxylic acid groups (broad SMARTS) is 2. The minimum Gasteiger partial charge on any atom is -0.491 e. The van der Waals surface area contributed by atoms with Gasteiger partial charge in [0.15, 0.2) is 0 Å². The number of aryl methyl sites for hydroxylation is 2.